The first-order valence-electron chi connectivity index (χ1n) is 5.35. The fourth-order valence-corrected chi connectivity index (χ4v) is 1.01. The third-order valence-corrected chi connectivity index (χ3v) is 1.93. The van der Waals surface area contributed by atoms with Crippen molar-refractivity contribution in [3.63, 3.8) is 0 Å². The van der Waals surface area contributed by atoms with Crippen molar-refractivity contribution in [3.05, 3.63) is 12.2 Å². The first kappa shape index (κ1) is 15.4. The molecule has 0 unspecified atom stereocenters. The summed E-state index contributed by atoms with van der Waals surface area (Å²) < 4.78 is 10.2. The van der Waals surface area contributed by atoms with Crippen LogP contribution in [0.15, 0.2) is 12.2 Å². The van der Waals surface area contributed by atoms with Gasteiger partial charge in [-0.05, 0) is 19.8 Å². The van der Waals surface area contributed by atoms with Gasteiger partial charge in [-0.3, -0.25) is 5.32 Å². The molecule has 0 amide bonds. The lowest BCUT2D eigenvalue weighted by atomic mass is 10.3. The summed E-state index contributed by atoms with van der Waals surface area (Å²) >= 11 is 5.46. The second-order valence-electron chi connectivity index (χ2n) is 3.36. The number of unbranched alkanes of at least 4 members (excludes halogenated alkanes) is 1. The molecule has 0 saturated carbocycles. The second-order valence-corrected chi connectivity index (χ2v) is 3.74. The van der Waals surface area contributed by atoms with Gasteiger partial charge in [-0.1, -0.05) is 6.58 Å². The van der Waals surface area contributed by atoms with E-state index >= 15 is 0 Å². The molecule has 0 fully saturated rings. The summed E-state index contributed by atoms with van der Waals surface area (Å²) in [4.78, 5) is 11.0. The van der Waals surface area contributed by atoms with Crippen molar-refractivity contribution in [1.29, 1.82) is 0 Å². The molecule has 0 radical (unpaired) electrons. The summed E-state index contributed by atoms with van der Waals surface area (Å²) in [7, 11) is 0. The Morgan fingerprint density at radius 3 is 2.69 bits per heavy atom. The van der Waals surface area contributed by atoms with Crippen molar-refractivity contribution in [2.24, 2.45) is 0 Å². The zero-order valence-electron chi connectivity index (χ0n) is 9.76. The summed E-state index contributed by atoms with van der Waals surface area (Å²) in [5.41, 5.74) is 0.432. The van der Waals surface area contributed by atoms with Gasteiger partial charge in [0.2, 0.25) is 0 Å². The summed E-state index contributed by atoms with van der Waals surface area (Å²) in [5, 5.41) is 3.01. The Hall–Kier alpha value is -0.580. The smallest absolute Gasteiger partial charge is 0.333 e. The molecule has 0 aromatic rings. The first-order chi connectivity index (χ1) is 7.68. The lowest BCUT2D eigenvalue weighted by Crippen LogP contribution is -2.20. The zero-order valence-corrected chi connectivity index (χ0v) is 10.5. The number of nitrogens with one attached hydrogen (secondary N) is 1. The largest absolute Gasteiger partial charge is 0.462 e. The fraction of sp³-hybridized carbons (Fsp3) is 0.727. The van der Waals surface area contributed by atoms with Crippen molar-refractivity contribution in [2.75, 3.05) is 32.4 Å². The monoisotopic (exact) mass is 249 g/mol. The van der Waals surface area contributed by atoms with Gasteiger partial charge < -0.3 is 9.47 Å². The van der Waals surface area contributed by atoms with Crippen LogP contribution in [-0.2, 0) is 14.3 Å². The lowest BCUT2D eigenvalue weighted by molar-refractivity contribution is -0.139. The minimum absolute atomic E-state index is 0.329. The summed E-state index contributed by atoms with van der Waals surface area (Å²) in [6.45, 7) is 7.46. The molecule has 5 heteroatoms. The lowest BCUT2D eigenvalue weighted by Gasteiger charge is -2.06. The number of halogens is 1. The Labute approximate surface area is 102 Å². The number of alkyl halides is 1. The van der Waals surface area contributed by atoms with Crippen molar-refractivity contribution in [2.45, 2.75) is 19.8 Å². The maximum Gasteiger partial charge on any atom is 0.333 e. The maximum atomic E-state index is 11.0. The van der Waals surface area contributed by atoms with Crippen LogP contribution in [0.2, 0.25) is 0 Å². The topological polar surface area (TPSA) is 47.6 Å². The van der Waals surface area contributed by atoms with Crippen LogP contribution in [0.4, 0.5) is 0 Å². The van der Waals surface area contributed by atoms with Crippen LogP contribution in [0.3, 0.4) is 0 Å². The number of rotatable bonds is 10. The van der Waals surface area contributed by atoms with Crippen LogP contribution >= 0.6 is 11.6 Å². The molecule has 0 aliphatic rings. The summed E-state index contributed by atoms with van der Waals surface area (Å²) in [6, 6.07) is 0. The Morgan fingerprint density at radius 1 is 1.38 bits per heavy atom. The van der Waals surface area contributed by atoms with Gasteiger partial charge in [0.25, 0.3) is 0 Å². The molecule has 0 aromatic carbocycles. The van der Waals surface area contributed by atoms with Gasteiger partial charge in [-0.25, -0.2) is 4.79 Å². The van der Waals surface area contributed by atoms with Gasteiger partial charge in [0.1, 0.15) is 0 Å². The minimum atomic E-state index is -0.329. The fourth-order valence-electron chi connectivity index (χ4n) is 0.878. The molecule has 4 nitrogen and oxygen atoms in total. The van der Waals surface area contributed by atoms with E-state index in [1.54, 1.807) is 6.92 Å². The van der Waals surface area contributed by atoms with Crippen LogP contribution in [-0.4, -0.2) is 38.3 Å². The first-order valence-corrected chi connectivity index (χ1v) is 5.89. The highest BCUT2D eigenvalue weighted by atomic mass is 35.5. The quantitative estimate of drug-likeness (QED) is 0.210. The van der Waals surface area contributed by atoms with E-state index in [1.807, 2.05) is 0 Å². The number of carbonyl (C=O) groups is 1. The third kappa shape index (κ3) is 9.96. The molecule has 0 saturated heterocycles. The van der Waals surface area contributed by atoms with E-state index in [-0.39, 0.29) is 5.97 Å². The summed E-state index contributed by atoms with van der Waals surface area (Å²) in [5.74, 6) is 0.255. The standard InChI is InChI=1S/C11H20ClNO3/c1-10(2)11(14)16-8-4-3-7-15-9-13-6-5-12/h13H,1,3-9H2,2H3. The van der Waals surface area contributed by atoms with E-state index in [9.17, 15) is 4.79 Å². The highest BCUT2D eigenvalue weighted by Crippen LogP contribution is 1.96. The van der Waals surface area contributed by atoms with Gasteiger partial charge in [0.15, 0.2) is 0 Å². The molecule has 0 aromatic heterocycles. The number of hydrogen-bond acceptors (Lipinski definition) is 4. The van der Waals surface area contributed by atoms with Crippen LogP contribution in [0, 0.1) is 0 Å². The molecule has 1 N–H and O–H groups in total. The molecule has 16 heavy (non-hydrogen) atoms. The van der Waals surface area contributed by atoms with E-state index in [1.165, 1.54) is 0 Å². The van der Waals surface area contributed by atoms with Crippen LogP contribution < -0.4 is 5.32 Å². The van der Waals surface area contributed by atoms with Gasteiger partial charge in [-0.15, -0.1) is 11.6 Å². The second kappa shape index (κ2) is 10.9. The average Bonchev–Trinajstić information content (AvgIpc) is 2.26. The highest BCUT2D eigenvalue weighted by Gasteiger charge is 2.01. The minimum Gasteiger partial charge on any atom is -0.462 e. The van der Waals surface area contributed by atoms with Gasteiger partial charge >= 0.3 is 5.97 Å². The number of carbonyl (C=O) groups excluding carboxylic acids is 1. The maximum absolute atomic E-state index is 11.0. The van der Waals surface area contributed by atoms with Crippen molar-refractivity contribution >= 4 is 17.6 Å². The van der Waals surface area contributed by atoms with Crippen molar-refractivity contribution in [3.8, 4) is 0 Å². The Balaban J connectivity index is 3.10. The number of ether oxygens (including phenoxy) is 2. The highest BCUT2D eigenvalue weighted by molar-refractivity contribution is 6.18. The van der Waals surface area contributed by atoms with E-state index in [0.29, 0.717) is 31.4 Å². The number of hydrogen-bond donors (Lipinski definition) is 1. The molecule has 0 aliphatic carbocycles. The SMILES string of the molecule is C=C(C)C(=O)OCCCCOCNCCCl. The molecule has 0 heterocycles. The molecule has 0 spiro atoms. The molecule has 94 valence electrons. The molecular formula is C11H20ClNO3. The van der Waals surface area contributed by atoms with Gasteiger partial charge in [-0.2, -0.15) is 0 Å². The van der Waals surface area contributed by atoms with Crippen molar-refractivity contribution < 1.29 is 14.3 Å². The van der Waals surface area contributed by atoms with Crippen LogP contribution in [0.25, 0.3) is 0 Å². The van der Waals surface area contributed by atoms with Crippen LogP contribution in [0.1, 0.15) is 19.8 Å². The Kier molecular flexibility index (Phi) is 10.5. The number of esters is 1. The Morgan fingerprint density at radius 2 is 2.06 bits per heavy atom. The predicted molar refractivity (Wildman–Crippen MR) is 64.5 cm³/mol. The molecule has 0 aliphatic heterocycles. The summed E-state index contributed by atoms with van der Waals surface area (Å²) in [6.07, 6.45) is 1.67. The Bertz CT molecular complexity index is 209. The van der Waals surface area contributed by atoms with Crippen molar-refractivity contribution in [1.82, 2.24) is 5.32 Å². The molecular weight excluding hydrogens is 230 g/mol. The average molecular weight is 250 g/mol. The van der Waals surface area contributed by atoms with Gasteiger partial charge in [0.05, 0.1) is 13.3 Å². The zero-order chi connectivity index (χ0) is 12.2. The van der Waals surface area contributed by atoms with E-state index < -0.39 is 0 Å². The van der Waals surface area contributed by atoms with E-state index in [4.69, 9.17) is 21.1 Å². The van der Waals surface area contributed by atoms with E-state index in [2.05, 4.69) is 11.9 Å². The van der Waals surface area contributed by atoms with Gasteiger partial charge in [0, 0.05) is 24.6 Å². The normalized spacial score (nSPS) is 10.1. The van der Waals surface area contributed by atoms with Crippen LogP contribution in [0.5, 0.6) is 0 Å². The predicted octanol–water partition coefficient (Wildman–Crippen LogP) is 1.69. The third-order valence-electron chi connectivity index (χ3n) is 1.74. The molecule has 0 rings (SSSR count). The molecule has 0 bridgehead atoms. The molecule has 0 atom stereocenters. The van der Waals surface area contributed by atoms with E-state index in [0.717, 1.165) is 19.4 Å².